The van der Waals surface area contributed by atoms with Crippen LogP contribution in [0.5, 0.6) is 0 Å². The summed E-state index contributed by atoms with van der Waals surface area (Å²) in [6.07, 6.45) is 1.00. The van der Waals surface area contributed by atoms with Gasteiger partial charge in [-0.05, 0) is 32.6 Å². The van der Waals surface area contributed by atoms with Gasteiger partial charge in [0.2, 0.25) is 0 Å². The van der Waals surface area contributed by atoms with Crippen LogP contribution in [0, 0.1) is 10.8 Å². The zero-order valence-electron chi connectivity index (χ0n) is 12.2. The molecule has 0 aliphatic heterocycles. The highest BCUT2D eigenvalue weighted by Crippen LogP contribution is 2.35. The van der Waals surface area contributed by atoms with E-state index in [9.17, 15) is 4.79 Å². The van der Waals surface area contributed by atoms with Gasteiger partial charge in [0.1, 0.15) is 5.78 Å². The monoisotopic (exact) mass is 228 g/mol. The van der Waals surface area contributed by atoms with Crippen molar-refractivity contribution in [2.75, 3.05) is 6.61 Å². The van der Waals surface area contributed by atoms with Crippen LogP contribution in [0.2, 0.25) is 0 Å². The van der Waals surface area contributed by atoms with Crippen LogP contribution in [0.15, 0.2) is 0 Å². The zero-order valence-corrected chi connectivity index (χ0v) is 12.2. The van der Waals surface area contributed by atoms with Crippen LogP contribution in [0.1, 0.15) is 61.8 Å². The summed E-state index contributed by atoms with van der Waals surface area (Å²) in [5, 5.41) is 0. The number of hydrogen-bond donors (Lipinski definition) is 0. The van der Waals surface area contributed by atoms with Crippen molar-refractivity contribution >= 4 is 5.78 Å². The maximum absolute atomic E-state index is 11.6. The summed E-state index contributed by atoms with van der Waals surface area (Å²) in [6, 6.07) is 0. The predicted octanol–water partition coefficient (Wildman–Crippen LogP) is 3.83. The molecule has 0 N–H and O–H groups in total. The molecular formula is C14H28O2. The second kappa shape index (κ2) is 4.87. The number of ether oxygens (including phenoxy) is 1. The Kier molecular flexibility index (Phi) is 4.75. The summed E-state index contributed by atoms with van der Waals surface area (Å²) in [7, 11) is 0. The molecule has 0 aromatic heterocycles. The predicted molar refractivity (Wildman–Crippen MR) is 68.6 cm³/mol. The Balaban J connectivity index is 4.42. The average molecular weight is 228 g/mol. The van der Waals surface area contributed by atoms with Crippen molar-refractivity contribution in [3.8, 4) is 0 Å². The summed E-state index contributed by atoms with van der Waals surface area (Å²) < 4.78 is 5.91. The van der Waals surface area contributed by atoms with Gasteiger partial charge in [-0.25, -0.2) is 0 Å². The number of rotatable bonds is 5. The molecule has 0 spiro atoms. The highest BCUT2D eigenvalue weighted by molar-refractivity contribution is 5.82. The first kappa shape index (κ1) is 15.6. The summed E-state index contributed by atoms with van der Waals surface area (Å²) in [5.74, 6) is 0.174. The van der Waals surface area contributed by atoms with Gasteiger partial charge in [-0.2, -0.15) is 0 Å². The summed E-state index contributed by atoms with van der Waals surface area (Å²) in [6.45, 7) is 16.8. The molecule has 0 aliphatic rings. The Morgan fingerprint density at radius 1 is 1.00 bits per heavy atom. The van der Waals surface area contributed by atoms with Crippen LogP contribution in [0.3, 0.4) is 0 Å². The maximum Gasteiger partial charge on any atom is 0.138 e. The largest absolute Gasteiger partial charge is 0.375 e. The van der Waals surface area contributed by atoms with Gasteiger partial charge < -0.3 is 4.74 Å². The SMILES string of the molecule is CC(=O)C(C)(C)C(C)(C)OCCC(C)(C)C. The molecule has 96 valence electrons. The molecule has 16 heavy (non-hydrogen) atoms. The van der Waals surface area contributed by atoms with Crippen LogP contribution in [0.4, 0.5) is 0 Å². The number of carbonyl (C=O) groups excluding carboxylic acids is 1. The molecule has 0 aliphatic carbocycles. The van der Waals surface area contributed by atoms with E-state index in [4.69, 9.17) is 4.74 Å². The van der Waals surface area contributed by atoms with Crippen molar-refractivity contribution in [3.05, 3.63) is 0 Å². The third-order valence-corrected chi connectivity index (χ3v) is 3.70. The molecule has 2 nitrogen and oxygen atoms in total. The van der Waals surface area contributed by atoms with E-state index in [2.05, 4.69) is 20.8 Å². The Hall–Kier alpha value is -0.370. The van der Waals surface area contributed by atoms with Crippen molar-refractivity contribution in [2.24, 2.45) is 10.8 Å². The molecule has 0 radical (unpaired) electrons. The minimum Gasteiger partial charge on any atom is -0.375 e. The molecule has 0 rings (SSSR count). The zero-order chi connectivity index (χ0) is 13.2. The Labute approximate surface area is 101 Å². The van der Waals surface area contributed by atoms with E-state index < -0.39 is 11.0 Å². The van der Waals surface area contributed by atoms with E-state index in [1.807, 2.05) is 27.7 Å². The van der Waals surface area contributed by atoms with Gasteiger partial charge in [-0.3, -0.25) is 4.79 Å². The normalized spacial score (nSPS) is 14.0. The van der Waals surface area contributed by atoms with Crippen LogP contribution < -0.4 is 0 Å². The average Bonchev–Trinajstić information content (AvgIpc) is 2.00. The number of carbonyl (C=O) groups is 1. The van der Waals surface area contributed by atoms with Gasteiger partial charge >= 0.3 is 0 Å². The first-order chi connectivity index (χ1) is 6.90. The highest BCUT2D eigenvalue weighted by Gasteiger charge is 2.41. The fourth-order valence-electron chi connectivity index (χ4n) is 1.22. The minimum absolute atomic E-state index is 0.174. The third kappa shape index (κ3) is 4.25. The van der Waals surface area contributed by atoms with Crippen LogP contribution >= 0.6 is 0 Å². The first-order valence-electron chi connectivity index (χ1n) is 6.05. The van der Waals surface area contributed by atoms with E-state index in [1.54, 1.807) is 6.92 Å². The molecule has 0 amide bonds. The lowest BCUT2D eigenvalue weighted by molar-refractivity contribution is -0.147. The maximum atomic E-state index is 11.6. The number of Topliss-reactive ketones (excluding diaryl/α,β-unsaturated/α-hetero) is 1. The van der Waals surface area contributed by atoms with Gasteiger partial charge in [0.15, 0.2) is 0 Å². The van der Waals surface area contributed by atoms with Gasteiger partial charge in [0.25, 0.3) is 0 Å². The smallest absolute Gasteiger partial charge is 0.138 e. The van der Waals surface area contributed by atoms with E-state index in [-0.39, 0.29) is 11.2 Å². The van der Waals surface area contributed by atoms with Gasteiger partial charge in [-0.15, -0.1) is 0 Å². The summed E-state index contributed by atoms with van der Waals surface area (Å²) in [4.78, 5) is 11.6. The van der Waals surface area contributed by atoms with Crippen molar-refractivity contribution in [1.29, 1.82) is 0 Å². The molecule has 0 saturated carbocycles. The van der Waals surface area contributed by atoms with E-state index in [0.717, 1.165) is 6.42 Å². The van der Waals surface area contributed by atoms with Crippen LogP contribution in [-0.2, 0) is 9.53 Å². The lowest BCUT2D eigenvalue weighted by atomic mass is 9.74. The van der Waals surface area contributed by atoms with Gasteiger partial charge in [0, 0.05) is 6.61 Å². The van der Waals surface area contributed by atoms with Crippen molar-refractivity contribution < 1.29 is 9.53 Å². The fourth-order valence-corrected chi connectivity index (χ4v) is 1.22. The quantitative estimate of drug-likeness (QED) is 0.714. The fraction of sp³-hybridized carbons (Fsp3) is 0.929. The van der Waals surface area contributed by atoms with Gasteiger partial charge in [0.05, 0.1) is 11.0 Å². The minimum atomic E-state index is -0.440. The Bertz CT molecular complexity index is 244. The lowest BCUT2D eigenvalue weighted by Crippen LogP contribution is -2.46. The third-order valence-electron chi connectivity index (χ3n) is 3.70. The van der Waals surface area contributed by atoms with Crippen LogP contribution in [-0.4, -0.2) is 18.0 Å². The molecule has 0 fully saturated rings. The molecular weight excluding hydrogens is 200 g/mol. The van der Waals surface area contributed by atoms with Crippen molar-refractivity contribution in [2.45, 2.75) is 67.4 Å². The van der Waals surface area contributed by atoms with Crippen LogP contribution in [0.25, 0.3) is 0 Å². The Morgan fingerprint density at radius 3 is 1.75 bits per heavy atom. The molecule has 0 heterocycles. The van der Waals surface area contributed by atoms with E-state index >= 15 is 0 Å². The lowest BCUT2D eigenvalue weighted by Gasteiger charge is -2.40. The molecule has 0 bridgehead atoms. The highest BCUT2D eigenvalue weighted by atomic mass is 16.5. The molecule has 0 aromatic carbocycles. The van der Waals surface area contributed by atoms with Crippen molar-refractivity contribution in [3.63, 3.8) is 0 Å². The van der Waals surface area contributed by atoms with Gasteiger partial charge in [-0.1, -0.05) is 34.6 Å². The number of ketones is 1. The molecule has 0 aromatic rings. The standard InChI is InChI=1S/C14H28O2/c1-11(15)13(5,6)14(7,8)16-10-9-12(2,3)4/h9-10H2,1-8H3. The molecule has 2 heteroatoms. The topological polar surface area (TPSA) is 26.3 Å². The second-order valence-electron chi connectivity index (χ2n) is 6.85. The van der Waals surface area contributed by atoms with E-state index in [1.165, 1.54) is 0 Å². The Morgan fingerprint density at radius 2 is 1.44 bits per heavy atom. The van der Waals surface area contributed by atoms with E-state index in [0.29, 0.717) is 6.61 Å². The van der Waals surface area contributed by atoms with Crippen molar-refractivity contribution in [1.82, 2.24) is 0 Å². The molecule has 0 atom stereocenters. The molecule has 0 saturated heterocycles. The number of hydrogen-bond acceptors (Lipinski definition) is 2. The summed E-state index contributed by atoms with van der Waals surface area (Å²) in [5.41, 5.74) is -0.578. The summed E-state index contributed by atoms with van der Waals surface area (Å²) >= 11 is 0. The molecule has 0 unspecified atom stereocenters. The first-order valence-corrected chi connectivity index (χ1v) is 6.05. The second-order valence-corrected chi connectivity index (χ2v) is 6.85.